The minimum absolute atomic E-state index is 0.124. The van der Waals surface area contributed by atoms with Crippen molar-refractivity contribution in [2.75, 3.05) is 11.1 Å². The third-order valence-electron chi connectivity index (χ3n) is 5.02. The van der Waals surface area contributed by atoms with E-state index in [9.17, 15) is 9.59 Å². The van der Waals surface area contributed by atoms with Crippen LogP contribution in [-0.2, 0) is 11.3 Å². The third-order valence-corrected chi connectivity index (χ3v) is 5.99. The van der Waals surface area contributed by atoms with Crippen molar-refractivity contribution in [3.05, 3.63) is 83.2 Å². The first-order valence-electron chi connectivity index (χ1n) is 10.7. The van der Waals surface area contributed by atoms with Gasteiger partial charge in [-0.15, -0.1) is 16.8 Å². The van der Waals surface area contributed by atoms with E-state index in [4.69, 9.17) is 0 Å². The van der Waals surface area contributed by atoms with Gasteiger partial charge >= 0.3 is 0 Å². The number of amides is 2. The number of hydrogen-bond donors (Lipinski definition) is 2. The zero-order valence-corrected chi connectivity index (χ0v) is 20.2. The van der Waals surface area contributed by atoms with Gasteiger partial charge in [0.15, 0.2) is 11.0 Å². The van der Waals surface area contributed by atoms with E-state index in [1.165, 1.54) is 11.8 Å². The lowest BCUT2D eigenvalue weighted by Gasteiger charge is -2.16. The molecule has 7 nitrogen and oxygen atoms in total. The molecular weight excluding hydrogens is 434 g/mol. The standard InChI is InChI=1S/C25H29N5O2S/c1-6-11-30-23(19(5)26-24(32)21-10-8-7-9-18(21)4)28-29-25(30)33-15-22(31)27-20-13-16(2)12-17(3)14-20/h6-10,12-14,19H,1,11,15H2,2-5H3,(H,26,32)(H,27,31)/t19-/m1/s1. The molecule has 1 atom stereocenters. The van der Waals surface area contributed by atoms with Gasteiger partial charge in [-0.05, 0) is 62.6 Å². The van der Waals surface area contributed by atoms with Gasteiger partial charge in [-0.2, -0.15) is 0 Å². The van der Waals surface area contributed by atoms with Crippen LogP contribution >= 0.6 is 11.8 Å². The molecule has 0 aliphatic heterocycles. The number of carbonyl (C=O) groups excluding carboxylic acids is 2. The summed E-state index contributed by atoms with van der Waals surface area (Å²) in [5.74, 6) is 0.497. The summed E-state index contributed by atoms with van der Waals surface area (Å²) in [6.07, 6.45) is 1.74. The number of rotatable bonds is 9. The molecule has 2 N–H and O–H groups in total. The van der Waals surface area contributed by atoms with E-state index in [0.29, 0.717) is 23.1 Å². The molecule has 1 heterocycles. The Kier molecular flexibility index (Phi) is 8.06. The summed E-state index contributed by atoms with van der Waals surface area (Å²) in [5, 5.41) is 15.1. The van der Waals surface area contributed by atoms with Crippen LogP contribution < -0.4 is 10.6 Å². The van der Waals surface area contributed by atoms with Crippen LogP contribution in [0.4, 0.5) is 5.69 Å². The van der Waals surface area contributed by atoms with E-state index in [1.807, 2.05) is 62.6 Å². The quantitative estimate of drug-likeness (QED) is 0.357. The Morgan fingerprint density at radius 3 is 2.48 bits per heavy atom. The number of benzene rings is 2. The number of nitrogens with zero attached hydrogens (tertiary/aromatic N) is 3. The first kappa shape index (κ1) is 24.3. The molecule has 33 heavy (non-hydrogen) atoms. The highest BCUT2D eigenvalue weighted by Crippen LogP contribution is 2.22. The average Bonchev–Trinajstić information content (AvgIpc) is 3.14. The lowest BCUT2D eigenvalue weighted by Crippen LogP contribution is -2.29. The van der Waals surface area contributed by atoms with Crippen LogP contribution in [0.2, 0.25) is 0 Å². The van der Waals surface area contributed by atoms with Gasteiger partial charge < -0.3 is 15.2 Å². The fraction of sp³-hybridized carbons (Fsp3) is 0.280. The molecule has 0 fully saturated rings. The summed E-state index contributed by atoms with van der Waals surface area (Å²) in [6.45, 7) is 12.0. The predicted octanol–water partition coefficient (Wildman–Crippen LogP) is 4.61. The summed E-state index contributed by atoms with van der Waals surface area (Å²) in [4.78, 5) is 25.2. The second-order valence-electron chi connectivity index (χ2n) is 7.96. The normalized spacial score (nSPS) is 11.6. The maximum Gasteiger partial charge on any atom is 0.252 e. The second kappa shape index (κ2) is 11.0. The Bertz CT molecular complexity index is 1150. The highest BCUT2D eigenvalue weighted by Gasteiger charge is 2.21. The van der Waals surface area contributed by atoms with E-state index < -0.39 is 0 Å². The van der Waals surface area contributed by atoms with Crippen LogP contribution in [0.3, 0.4) is 0 Å². The average molecular weight is 464 g/mol. The minimum atomic E-state index is -0.372. The Morgan fingerprint density at radius 1 is 1.12 bits per heavy atom. The Morgan fingerprint density at radius 2 is 1.82 bits per heavy atom. The smallest absolute Gasteiger partial charge is 0.252 e. The SMILES string of the molecule is C=CCn1c(SCC(=O)Nc2cc(C)cc(C)c2)nnc1[C@@H](C)NC(=O)c1ccccc1C. The zero-order chi connectivity index (χ0) is 24.0. The lowest BCUT2D eigenvalue weighted by molar-refractivity contribution is -0.113. The monoisotopic (exact) mass is 463 g/mol. The molecule has 0 aliphatic carbocycles. The highest BCUT2D eigenvalue weighted by molar-refractivity contribution is 7.99. The summed E-state index contributed by atoms with van der Waals surface area (Å²) in [5.41, 5.74) is 4.49. The number of allylic oxidation sites excluding steroid dienone is 1. The van der Waals surface area contributed by atoms with Crippen LogP contribution in [0.1, 0.15) is 45.8 Å². The number of nitrogens with one attached hydrogen (secondary N) is 2. The third kappa shape index (κ3) is 6.32. The van der Waals surface area contributed by atoms with Gasteiger partial charge in [0.05, 0.1) is 11.8 Å². The van der Waals surface area contributed by atoms with Crippen molar-refractivity contribution in [3.63, 3.8) is 0 Å². The second-order valence-corrected chi connectivity index (χ2v) is 8.91. The van der Waals surface area contributed by atoms with E-state index in [-0.39, 0.29) is 23.6 Å². The maximum atomic E-state index is 12.7. The molecular formula is C25H29N5O2S. The lowest BCUT2D eigenvalue weighted by atomic mass is 10.1. The molecule has 0 spiro atoms. The molecule has 0 bridgehead atoms. The minimum Gasteiger partial charge on any atom is -0.342 e. The number of aryl methyl sites for hydroxylation is 3. The Balaban J connectivity index is 1.68. The van der Waals surface area contributed by atoms with E-state index in [2.05, 4.69) is 33.5 Å². The first-order valence-corrected chi connectivity index (χ1v) is 11.7. The van der Waals surface area contributed by atoms with Gasteiger partial charge in [-0.25, -0.2) is 0 Å². The summed E-state index contributed by atoms with van der Waals surface area (Å²) < 4.78 is 1.87. The van der Waals surface area contributed by atoms with Crippen LogP contribution in [0.5, 0.6) is 0 Å². The number of anilines is 1. The van der Waals surface area contributed by atoms with Crippen molar-refractivity contribution in [2.45, 2.75) is 45.4 Å². The van der Waals surface area contributed by atoms with Crippen molar-refractivity contribution >= 4 is 29.3 Å². The fourth-order valence-corrected chi connectivity index (χ4v) is 4.32. The van der Waals surface area contributed by atoms with Crippen molar-refractivity contribution in [2.24, 2.45) is 0 Å². The largest absolute Gasteiger partial charge is 0.342 e. The molecule has 8 heteroatoms. The number of aromatic nitrogens is 3. The van der Waals surface area contributed by atoms with Crippen molar-refractivity contribution in [3.8, 4) is 0 Å². The Labute approximate surface area is 198 Å². The molecule has 0 aliphatic rings. The highest BCUT2D eigenvalue weighted by atomic mass is 32.2. The molecule has 0 unspecified atom stereocenters. The van der Waals surface area contributed by atoms with Crippen molar-refractivity contribution in [1.29, 1.82) is 0 Å². The van der Waals surface area contributed by atoms with Gasteiger partial charge in [-0.3, -0.25) is 9.59 Å². The molecule has 2 amide bonds. The van der Waals surface area contributed by atoms with Gasteiger partial charge in [-0.1, -0.05) is 42.1 Å². The van der Waals surface area contributed by atoms with Gasteiger partial charge in [0.25, 0.3) is 5.91 Å². The Hall–Kier alpha value is -3.39. The molecule has 3 rings (SSSR count). The van der Waals surface area contributed by atoms with E-state index >= 15 is 0 Å². The molecule has 172 valence electrons. The van der Waals surface area contributed by atoms with Gasteiger partial charge in [0.2, 0.25) is 5.91 Å². The predicted molar refractivity (Wildman–Crippen MR) is 133 cm³/mol. The molecule has 0 saturated heterocycles. The number of carbonyl (C=O) groups is 2. The van der Waals surface area contributed by atoms with Crippen molar-refractivity contribution < 1.29 is 9.59 Å². The molecule has 3 aromatic rings. The zero-order valence-electron chi connectivity index (χ0n) is 19.4. The van der Waals surface area contributed by atoms with Crippen LogP contribution in [0, 0.1) is 20.8 Å². The first-order chi connectivity index (χ1) is 15.8. The van der Waals surface area contributed by atoms with Crippen LogP contribution in [-0.4, -0.2) is 32.3 Å². The van der Waals surface area contributed by atoms with Crippen molar-refractivity contribution in [1.82, 2.24) is 20.1 Å². The van der Waals surface area contributed by atoms with E-state index in [1.54, 1.807) is 12.1 Å². The number of hydrogen-bond acceptors (Lipinski definition) is 5. The van der Waals surface area contributed by atoms with Gasteiger partial charge in [0.1, 0.15) is 0 Å². The summed E-state index contributed by atoms with van der Waals surface area (Å²) in [6, 6.07) is 13.0. The van der Waals surface area contributed by atoms with Crippen LogP contribution in [0.15, 0.2) is 60.3 Å². The van der Waals surface area contributed by atoms with Crippen LogP contribution in [0.25, 0.3) is 0 Å². The molecule has 0 radical (unpaired) electrons. The topological polar surface area (TPSA) is 88.9 Å². The number of thioether (sulfide) groups is 1. The summed E-state index contributed by atoms with van der Waals surface area (Å²) in [7, 11) is 0. The molecule has 2 aromatic carbocycles. The molecule has 0 saturated carbocycles. The summed E-state index contributed by atoms with van der Waals surface area (Å²) >= 11 is 1.30. The van der Waals surface area contributed by atoms with Gasteiger partial charge in [0, 0.05) is 17.8 Å². The fourth-order valence-electron chi connectivity index (χ4n) is 3.57. The molecule has 1 aromatic heterocycles. The van der Waals surface area contributed by atoms with E-state index in [0.717, 1.165) is 22.4 Å². The maximum absolute atomic E-state index is 12.7.